The van der Waals surface area contributed by atoms with Crippen LogP contribution in [0, 0.1) is 5.92 Å². The van der Waals surface area contributed by atoms with Crippen LogP contribution in [-0.2, 0) is 0 Å². The first kappa shape index (κ1) is 12.2. The van der Waals surface area contributed by atoms with Crippen molar-refractivity contribution in [3.05, 3.63) is 0 Å². The molecular formula is C9H20N2O2. The van der Waals surface area contributed by atoms with Crippen molar-refractivity contribution < 1.29 is 9.90 Å². The summed E-state index contributed by atoms with van der Waals surface area (Å²) in [7, 11) is 1.76. The van der Waals surface area contributed by atoms with Crippen molar-refractivity contribution in [2.75, 3.05) is 26.7 Å². The third-order valence-corrected chi connectivity index (χ3v) is 2.04. The summed E-state index contributed by atoms with van der Waals surface area (Å²) in [5.41, 5.74) is 0. The number of nitrogens with zero attached hydrogens (tertiary/aromatic N) is 1. The van der Waals surface area contributed by atoms with Gasteiger partial charge in [0.1, 0.15) is 0 Å². The molecule has 13 heavy (non-hydrogen) atoms. The molecule has 0 fully saturated rings. The van der Waals surface area contributed by atoms with Crippen molar-refractivity contribution >= 4 is 6.03 Å². The summed E-state index contributed by atoms with van der Waals surface area (Å²) in [6, 6.07) is -0.0488. The number of nitrogens with one attached hydrogen (secondary N) is 1. The van der Waals surface area contributed by atoms with Gasteiger partial charge in [-0.15, -0.1) is 0 Å². The molecule has 0 aliphatic heterocycles. The van der Waals surface area contributed by atoms with E-state index in [1.807, 2.05) is 13.8 Å². The molecule has 2 N–H and O–H groups in total. The molecular weight excluding hydrogens is 168 g/mol. The Bertz CT molecular complexity index is 151. The van der Waals surface area contributed by atoms with Crippen molar-refractivity contribution in [2.24, 2.45) is 5.92 Å². The average Bonchev–Trinajstić information content (AvgIpc) is 2.13. The van der Waals surface area contributed by atoms with Crippen LogP contribution in [0.15, 0.2) is 0 Å². The predicted molar refractivity (Wildman–Crippen MR) is 52.6 cm³/mol. The van der Waals surface area contributed by atoms with E-state index in [-0.39, 0.29) is 12.6 Å². The highest BCUT2D eigenvalue weighted by atomic mass is 16.3. The normalized spacial score (nSPS) is 12.3. The lowest BCUT2D eigenvalue weighted by Crippen LogP contribution is -2.39. The molecule has 78 valence electrons. The van der Waals surface area contributed by atoms with E-state index >= 15 is 0 Å². The average molecular weight is 188 g/mol. The second kappa shape index (κ2) is 6.71. The van der Waals surface area contributed by atoms with Gasteiger partial charge >= 0.3 is 6.03 Å². The Kier molecular flexibility index (Phi) is 6.32. The first-order valence-corrected chi connectivity index (χ1v) is 4.71. The minimum Gasteiger partial charge on any atom is -0.396 e. The number of urea groups is 1. The molecule has 1 unspecified atom stereocenters. The molecule has 0 bridgehead atoms. The standard InChI is InChI=1S/C9H20N2O2/c1-4-11(3)9(13)10-7-8(2)5-6-12/h8,12H,4-7H2,1-3H3,(H,10,13). The summed E-state index contributed by atoms with van der Waals surface area (Å²) >= 11 is 0. The molecule has 0 saturated carbocycles. The van der Waals surface area contributed by atoms with Crippen LogP contribution in [0.3, 0.4) is 0 Å². The number of aliphatic hydroxyl groups is 1. The highest BCUT2D eigenvalue weighted by Gasteiger charge is 2.07. The maximum absolute atomic E-state index is 11.2. The van der Waals surface area contributed by atoms with Gasteiger partial charge in [-0.1, -0.05) is 6.92 Å². The Morgan fingerprint density at radius 3 is 2.69 bits per heavy atom. The Balaban J connectivity index is 3.57. The van der Waals surface area contributed by atoms with E-state index in [0.29, 0.717) is 19.0 Å². The Hall–Kier alpha value is -0.770. The third-order valence-electron chi connectivity index (χ3n) is 2.04. The molecule has 1 atom stereocenters. The zero-order valence-electron chi connectivity index (χ0n) is 8.71. The van der Waals surface area contributed by atoms with Crippen molar-refractivity contribution in [3.8, 4) is 0 Å². The second-order valence-corrected chi connectivity index (χ2v) is 3.32. The first-order chi connectivity index (χ1) is 6.11. The molecule has 0 aromatic heterocycles. The minimum absolute atomic E-state index is 0.0488. The Morgan fingerprint density at radius 2 is 2.23 bits per heavy atom. The highest BCUT2D eigenvalue weighted by Crippen LogP contribution is 1.98. The molecule has 0 spiro atoms. The maximum atomic E-state index is 11.2. The molecule has 0 aromatic carbocycles. The summed E-state index contributed by atoms with van der Waals surface area (Å²) in [6.45, 7) is 5.45. The van der Waals surface area contributed by atoms with Gasteiger partial charge in [0.25, 0.3) is 0 Å². The summed E-state index contributed by atoms with van der Waals surface area (Å²) in [5.74, 6) is 0.333. The van der Waals surface area contributed by atoms with Gasteiger partial charge in [-0.05, 0) is 19.3 Å². The quantitative estimate of drug-likeness (QED) is 0.666. The van der Waals surface area contributed by atoms with Gasteiger partial charge in [-0.25, -0.2) is 4.79 Å². The van der Waals surface area contributed by atoms with E-state index in [4.69, 9.17) is 5.11 Å². The van der Waals surface area contributed by atoms with Crippen molar-refractivity contribution in [1.82, 2.24) is 10.2 Å². The number of aliphatic hydroxyl groups excluding tert-OH is 1. The molecule has 0 radical (unpaired) electrons. The monoisotopic (exact) mass is 188 g/mol. The van der Waals surface area contributed by atoms with Crippen LogP contribution < -0.4 is 5.32 Å². The van der Waals surface area contributed by atoms with Crippen molar-refractivity contribution in [1.29, 1.82) is 0 Å². The van der Waals surface area contributed by atoms with Gasteiger partial charge in [0, 0.05) is 26.7 Å². The number of carbonyl (C=O) groups is 1. The fourth-order valence-electron chi connectivity index (χ4n) is 0.863. The van der Waals surface area contributed by atoms with Crippen LogP contribution in [0.25, 0.3) is 0 Å². The summed E-state index contributed by atoms with van der Waals surface area (Å²) in [6.07, 6.45) is 0.732. The maximum Gasteiger partial charge on any atom is 0.317 e. The molecule has 4 nitrogen and oxygen atoms in total. The molecule has 0 heterocycles. The number of rotatable bonds is 5. The van der Waals surface area contributed by atoms with E-state index in [1.54, 1.807) is 11.9 Å². The zero-order chi connectivity index (χ0) is 10.3. The van der Waals surface area contributed by atoms with Crippen LogP contribution >= 0.6 is 0 Å². The van der Waals surface area contributed by atoms with E-state index in [1.165, 1.54) is 0 Å². The topological polar surface area (TPSA) is 52.6 Å². The molecule has 0 saturated heterocycles. The fraction of sp³-hybridized carbons (Fsp3) is 0.889. The molecule has 0 aromatic rings. The van der Waals surface area contributed by atoms with Gasteiger partial charge in [0.15, 0.2) is 0 Å². The van der Waals surface area contributed by atoms with Crippen LogP contribution in [0.1, 0.15) is 20.3 Å². The van der Waals surface area contributed by atoms with E-state index in [0.717, 1.165) is 6.42 Å². The number of hydrogen-bond donors (Lipinski definition) is 2. The minimum atomic E-state index is -0.0488. The van der Waals surface area contributed by atoms with E-state index < -0.39 is 0 Å². The lowest BCUT2D eigenvalue weighted by Gasteiger charge is -2.17. The lowest BCUT2D eigenvalue weighted by atomic mass is 10.1. The third kappa shape index (κ3) is 5.47. The molecule has 4 heteroatoms. The Morgan fingerprint density at radius 1 is 1.62 bits per heavy atom. The Labute approximate surface area is 79.9 Å². The molecule has 2 amide bonds. The smallest absolute Gasteiger partial charge is 0.317 e. The van der Waals surface area contributed by atoms with Crippen LogP contribution in [0.5, 0.6) is 0 Å². The second-order valence-electron chi connectivity index (χ2n) is 3.32. The zero-order valence-corrected chi connectivity index (χ0v) is 8.71. The largest absolute Gasteiger partial charge is 0.396 e. The van der Waals surface area contributed by atoms with E-state index in [2.05, 4.69) is 5.32 Å². The van der Waals surface area contributed by atoms with Crippen LogP contribution in [0.2, 0.25) is 0 Å². The summed E-state index contributed by atoms with van der Waals surface area (Å²) < 4.78 is 0. The molecule has 0 aliphatic carbocycles. The number of carbonyl (C=O) groups excluding carboxylic acids is 1. The van der Waals surface area contributed by atoms with E-state index in [9.17, 15) is 4.79 Å². The van der Waals surface area contributed by atoms with Gasteiger partial charge in [0.05, 0.1) is 0 Å². The van der Waals surface area contributed by atoms with Gasteiger partial charge in [-0.3, -0.25) is 0 Å². The molecule has 0 aliphatic rings. The molecule has 0 rings (SSSR count). The van der Waals surface area contributed by atoms with Gasteiger partial charge in [0.2, 0.25) is 0 Å². The first-order valence-electron chi connectivity index (χ1n) is 4.71. The van der Waals surface area contributed by atoms with Gasteiger partial charge in [-0.2, -0.15) is 0 Å². The van der Waals surface area contributed by atoms with Crippen molar-refractivity contribution in [2.45, 2.75) is 20.3 Å². The predicted octanol–water partition coefficient (Wildman–Crippen LogP) is 0.666. The summed E-state index contributed by atoms with van der Waals surface area (Å²) in [5, 5.41) is 11.4. The summed E-state index contributed by atoms with van der Waals surface area (Å²) in [4.78, 5) is 12.9. The number of amides is 2. The highest BCUT2D eigenvalue weighted by molar-refractivity contribution is 5.73. The fourth-order valence-corrected chi connectivity index (χ4v) is 0.863. The van der Waals surface area contributed by atoms with Gasteiger partial charge < -0.3 is 15.3 Å². The SMILES string of the molecule is CCN(C)C(=O)NCC(C)CCO. The van der Waals surface area contributed by atoms with Crippen molar-refractivity contribution in [3.63, 3.8) is 0 Å². The van der Waals surface area contributed by atoms with Crippen LogP contribution in [-0.4, -0.2) is 42.8 Å². The lowest BCUT2D eigenvalue weighted by molar-refractivity contribution is 0.206. The van der Waals surface area contributed by atoms with Crippen LogP contribution in [0.4, 0.5) is 4.79 Å². The number of hydrogen-bond acceptors (Lipinski definition) is 2.